The van der Waals surface area contributed by atoms with E-state index in [1.54, 1.807) is 0 Å². The molecule has 1 aromatic rings. The second-order valence-electron chi connectivity index (χ2n) is 4.58. The van der Waals surface area contributed by atoms with Gasteiger partial charge >= 0.3 is 6.18 Å². The molecule has 2 rings (SSSR count). The number of nitrogens with zero attached hydrogens (tertiary/aromatic N) is 1. The minimum Gasteiger partial charge on any atom is -0.311 e. The van der Waals surface area contributed by atoms with Crippen molar-refractivity contribution >= 4 is 33.2 Å². The molecule has 116 valence electrons. The van der Waals surface area contributed by atoms with Crippen LogP contribution in [0.2, 0.25) is 5.02 Å². The van der Waals surface area contributed by atoms with Crippen molar-refractivity contribution in [2.24, 2.45) is 5.14 Å². The van der Waals surface area contributed by atoms with Gasteiger partial charge in [-0.05, 0) is 18.2 Å². The standard InChI is InChI=1S/C11H10ClF3N2O3S/c12-9-3-6(1-2-8(9)11(13,14)15)17-5-7(4-10(17)18)21(16,19)20/h1-3,7H,4-5H2,(H2,16,19,20). The van der Waals surface area contributed by atoms with Crippen LogP contribution in [0.4, 0.5) is 18.9 Å². The SMILES string of the molecule is NS(=O)(=O)C1CC(=O)N(c2ccc(C(F)(F)F)c(Cl)c2)C1. The summed E-state index contributed by atoms with van der Waals surface area (Å²) >= 11 is 5.57. The number of carbonyl (C=O) groups is 1. The largest absolute Gasteiger partial charge is 0.417 e. The Bertz CT molecular complexity index is 690. The van der Waals surface area contributed by atoms with Crippen LogP contribution in [-0.2, 0) is 21.0 Å². The predicted octanol–water partition coefficient (Wildman–Crippen LogP) is 1.75. The summed E-state index contributed by atoms with van der Waals surface area (Å²) in [5.74, 6) is -0.537. The molecule has 1 aromatic carbocycles. The van der Waals surface area contributed by atoms with Gasteiger partial charge < -0.3 is 4.90 Å². The molecule has 0 radical (unpaired) electrons. The first-order valence-electron chi connectivity index (χ1n) is 5.69. The molecular formula is C11H10ClF3N2O3S. The lowest BCUT2D eigenvalue weighted by Gasteiger charge is -2.18. The molecule has 0 spiro atoms. The van der Waals surface area contributed by atoms with E-state index in [4.69, 9.17) is 16.7 Å². The molecule has 1 aliphatic heterocycles. The average molecular weight is 343 g/mol. The van der Waals surface area contributed by atoms with Crippen LogP contribution in [0, 0.1) is 0 Å². The highest BCUT2D eigenvalue weighted by Gasteiger charge is 2.38. The monoisotopic (exact) mass is 342 g/mol. The summed E-state index contributed by atoms with van der Waals surface area (Å²) in [5.41, 5.74) is -0.924. The lowest BCUT2D eigenvalue weighted by molar-refractivity contribution is -0.137. The van der Waals surface area contributed by atoms with Crippen molar-refractivity contribution in [1.29, 1.82) is 0 Å². The second kappa shape index (κ2) is 5.15. The topological polar surface area (TPSA) is 80.5 Å². The summed E-state index contributed by atoms with van der Waals surface area (Å²) in [4.78, 5) is 12.8. The third kappa shape index (κ3) is 3.30. The van der Waals surface area contributed by atoms with Gasteiger partial charge in [0.2, 0.25) is 15.9 Å². The molecule has 2 N–H and O–H groups in total. The van der Waals surface area contributed by atoms with Crippen LogP contribution >= 0.6 is 11.6 Å². The Balaban J connectivity index is 2.32. The van der Waals surface area contributed by atoms with Crippen molar-refractivity contribution in [3.8, 4) is 0 Å². The number of hydrogen-bond donors (Lipinski definition) is 1. The molecule has 21 heavy (non-hydrogen) atoms. The van der Waals surface area contributed by atoms with Crippen molar-refractivity contribution in [3.05, 3.63) is 28.8 Å². The first-order chi connectivity index (χ1) is 9.50. The van der Waals surface area contributed by atoms with E-state index in [9.17, 15) is 26.4 Å². The highest BCUT2D eigenvalue weighted by Crippen LogP contribution is 2.37. The average Bonchev–Trinajstić information content (AvgIpc) is 2.69. The number of alkyl halides is 3. The molecule has 1 fully saturated rings. The highest BCUT2D eigenvalue weighted by molar-refractivity contribution is 7.89. The molecule has 1 heterocycles. The van der Waals surface area contributed by atoms with E-state index in [0.29, 0.717) is 0 Å². The van der Waals surface area contributed by atoms with Crippen LogP contribution in [-0.4, -0.2) is 26.1 Å². The van der Waals surface area contributed by atoms with Crippen LogP contribution < -0.4 is 10.0 Å². The second-order valence-corrected chi connectivity index (χ2v) is 6.83. The van der Waals surface area contributed by atoms with Crippen molar-refractivity contribution in [2.75, 3.05) is 11.4 Å². The molecular weight excluding hydrogens is 333 g/mol. The van der Waals surface area contributed by atoms with Gasteiger partial charge in [-0.2, -0.15) is 13.2 Å². The van der Waals surface area contributed by atoms with Gasteiger partial charge in [0.05, 0.1) is 10.6 Å². The maximum Gasteiger partial charge on any atom is 0.417 e. The van der Waals surface area contributed by atoms with Gasteiger partial charge in [0, 0.05) is 18.7 Å². The minimum atomic E-state index is -4.60. The molecule has 10 heteroatoms. The number of halogens is 4. The zero-order chi connectivity index (χ0) is 16.0. The molecule has 0 saturated carbocycles. The lowest BCUT2D eigenvalue weighted by Crippen LogP contribution is -2.32. The maximum absolute atomic E-state index is 12.6. The molecule has 1 aliphatic rings. The van der Waals surface area contributed by atoms with E-state index in [0.717, 1.165) is 23.1 Å². The van der Waals surface area contributed by atoms with Crippen LogP contribution in [0.3, 0.4) is 0 Å². The lowest BCUT2D eigenvalue weighted by atomic mass is 10.2. The number of amides is 1. The number of primary sulfonamides is 1. The zero-order valence-electron chi connectivity index (χ0n) is 10.4. The summed E-state index contributed by atoms with van der Waals surface area (Å²) in [5, 5.41) is 3.33. The van der Waals surface area contributed by atoms with Crippen molar-refractivity contribution in [3.63, 3.8) is 0 Å². The fourth-order valence-electron chi connectivity index (χ4n) is 2.05. The Morgan fingerprint density at radius 3 is 2.38 bits per heavy atom. The predicted molar refractivity (Wildman–Crippen MR) is 70.3 cm³/mol. The Kier molecular flexibility index (Phi) is 3.94. The molecule has 0 aliphatic carbocycles. The summed E-state index contributed by atoms with van der Waals surface area (Å²) < 4.78 is 60.2. The number of nitrogens with two attached hydrogens (primary N) is 1. The fraction of sp³-hybridized carbons (Fsp3) is 0.364. The Morgan fingerprint density at radius 2 is 1.95 bits per heavy atom. The van der Waals surface area contributed by atoms with Gasteiger partial charge in [0.15, 0.2) is 0 Å². The number of carbonyl (C=O) groups excluding carboxylic acids is 1. The third-order valence-electron chi connectivity index (χ3n) is 3.12. The number of rotatable bonds is 2. The number of anilines is 1. The smallest absolute Gasteiger partial charge is 0.311 e. The van der Waals surface area contributed by atoms with Crippen LogP contribution in [0.5, 0.6) is 0 Å². The summed E-state index contributed by atoms with van der Waals surface area (Å²) in [6, 6.07) is 2.79. The van der Waals surface area contributed by atoms with E-state index >= 15 is 0 Å². The van der Waals surface area contributed by atoms with Crippen LogP contribution in [0.25, 0.3) is 0 Å². The first kappa shape index (κ1) is 16.1. The van der Waals surface area contributed by atoms with E-state index in [1.165, 1.54) is 0 Å². The highest BCUT2D eigenvalue weighted by atomic mass is 35.5. The number of benzene rings is 1. The molecule has 1 unspecified atom stereocenters. The van der Waals surface area contributed by atoms with E-state index < -0.39 is 37.9 Å². The first-order valence-corrected chi connectivity index (χ1v) is 7.67. The summed E-state index contributed by atoms with van der Waals surface area (Å²) in [6.45, 7) is -0.209. The van der Waals surface area contributed by atoms with Crippen LogP contribution in [0.15, 0.2) is 18.2 Å². The van der Waals surface area contributed by atoms with Crippen LogP contribution in [0.1, 0.15) is 12.0 Å². The van der Waals surface area contributed by atoms with Crippen molar-refractivity contribution < 1.29 is 26.4 Å². The summed E-state index contributed by atoms with van der Waals surface area (Å²) in [7, 11) is -3.89. The molecule has 1 saturated heterocycles. The number of sulfonamides is 1. The van der Waals surface area contributed by atoms with Gasteiger partial charge in [-0.1, -0.05) is 11.6 Å². The third-order valence-corrected chi connectivity index (χ3v) is 4.68. The Morgan fingerprint density at radius 1 is 1.33 bits per heavy atom. The normalized spacial score (nSPS) is 20.1. The van der Waals surface area contributed by atoms with Gasteiger partial charge in [-0.15, -0.1) is 0 Å². The van der Waals surface area contributed by atoms with Crippen molar-refractivity contribution in [2.45, 2.75) is 17.8 Å². The fourth-order valence-corrected chi connectivity index (χ4v) is 3.06. The number of hydrogen-bond acceptors (Lipinski definition) is 3. The van der Waals surface area contributed by atoms with Gasteiger partial charge in [-0.25, -0.2) is 13.6 Å². The zero-order valence-corrected chi connectivity index (χ0v) is 12.0. The minimum absolute atomic E-state index is 0.101. The Labute approximate surface area is 123 Å². The molecule has 0 bridgehead atoms. The van der Waals surface area contributed by atoms with Gasteiger partial charge in [0.25, 0.3) is 0 Å². The van der Waals surface area contributed by atoms with E-state index in [1.807, 2.05) is 0 Å². The quantitative estimate of drug-likeness (QED) is 0.889. The molecule has 5 nitrogen and oxygen atoms in total. The van der Waals surface area contributed by atoms with E-state index in [-0.39, 0.29) is 18.7 Å². The van der Waals surface area contributed by atoms with Crippen molar-refractivity contribution in [1.82, 2.24) is 0 Å². The molecule has 0 aromatic heterocycles. The molecule has 1 amide bonds. The Hall–Kier alpha value is -1.32. The van der Waals surface area contributed by atoms with Gasteiger partial charge in [0.1, 0.15) is 5.25 Å². The summed E-state index contributed by atoms with van der Waals surface area (Å²) in [6.07, 6.45) is -4.91. The van der Waals surface area contributed by atoms with Gasteiger partial charge in [-0.3, -0.25) is 4.79 Å². The maximum atomic E-state index is 12.6. The molecule has 1 atom stereocenters. The van der Waals surface area contributed by atoms with E-state index in [2.05, 4.69) is 0 Å².